The van der Waals surface area contributed by atoms with E-state index in [1.807, 2.05) is 12.1 Å². The van der Waals surface area contributed by atoms with Gasteiger partial charge in [0.1, 0.15) is 5.75 Å². The van der Waals surface area contributed by atoms with Crippen molar-refractivity contribution in [1.82, 2.24) is 0 Å². The molecule has 0 aromatic heterocycles. The number of rotatable bonds is 10. The molecule has 0 aliphatic heterocycles. The molecule has 1 unspecified atom stereocenters. The van der Waals surface area contributed by atoms with E-state index in [9.17, 15) is 4.57 Å². The van der Waals surface area contributed by atoms with Gasteiger partial charge in [0.25, 0.3) is 0 Å². The average molecular weight is 327 g/mol. The van der Waals surface area contributed by atoms with Gasteiger partial charge in [-0.05, 0) is 30.5 Å². The SMILES string of the molecule is CCCCCCCCCc1ccc(O[PH2]=O)cc1.[Ni]. The molecule has 1 aromatic carbocycles. The fourth-order valence-electron chi connectivity index (χ4n) is 2.08. The summed E-state index contributed by atoms with van der Waals surface area (Å²) in [4.78, 5) is 0. The summed E-state index contributed by atoms with van der Waals surface area (Å²) in [5, 5.41) is 0. The Balaban J connectivity index is 0.00000324. The van der Waals surface area contributed by atoms with Gasteiger partial charge in [-0.15, -0.1) is 0 Å². The molecule has 0 saturated carbocycles. The predicted octanol–water partition coefficient (Wildman–Crippen LogP) is 5.03. The van der Waals surface area contributed by atoms with Gasteiger partial charge in [0.05, 0.1) is 0 Å². The van der Waals surface area contributed by atoms with Crippen LogP contribution >= 0.6 is 8.69 Å². The van der Waals surface area contributed by atoms with Crippen LogP contribution in [0, 0.1) is 0 Å². The Bertz CT molecular complexity index is 327. The van der Waals surface area contributed by atoms with Crippen molar-refractivity contribution >= 4 is 8.69 Å². The van der Waals surface area contributed by atoms with E-state index in [2.05, 4.69) is 19.1 Å². The van der Waals surface area contributed by atoms with E-state index in [0.29, 0.717) is 5.75 Å². The second-order valence-corrected chi connectivity index (χ2v) is 5.16. The van der Waals surface area contributed by atoms with Gasteiger partial charge in [-0.2, -0.15) is 0 Å². The Morgan fingerprint density at radius 2 is 1.53 bits per heavy atom. The molecular formula is C15H25NiO2P. The van der Waals surface area contributed by atoms with Gasteiger partial charge in [0, 0.05) is 16.5 Å². The van der Waals surface area contributed by atoms with Gasteiger partial charge in [0.15, 0.2) is 0 Å². The quantitative estimate of drug-likeness (QED) is 0.342. The molecule has 0 N–H and O–H groups in total. The summed E-state index contributed by atoms with van der Waals surface area (Å²) in [6, 6.07) is 7.95. The van der Waals surface area contributed by atoms with Crippen LogP contribution in [0.15, 0.2) is 24.3 Å². The number of hydrogen-bond donors (Lipinski definition) is 0. The topological polar surface area (TPSA) is 26.3 Å². The van der Waals surface area contributed by atoms with E-state index in [1.165, 1.54) is 50.5 Å². The standard InChI is InChI=1S/C15H25O2P.Ni/c1-2-3-4-5-6-7-8-9-14-10-12-15(13-11-14)17-18-16;/h10-13H,2-9,18H2,1H3;. The van der Waals surface area contributed by atoms with Crippen LogP contribution in [-0.2, 0) is 27.5 Å². The number of benzene rings is 1. The largest absolute Gasteiger partial charge is 0.447 e. The van der Waals surface area contributed by atoms with Crippen LogP contribution < -0.4 is 4.52 Å². The monoisotopic (exact) mass is 326 g/mol. The first-order valence-electron chi connectivity index (χ1n) is 7.06. The van der Waals surface area contributed by atoms with Crippen LogP contribution in [0.5, 0.6) is 5.75 Å². The molecule has 0 bridgehead atoms. The van der Waals surface area contributed by atoms with Gasteiger partial charge >= 0.3 is 0 Å². The average Bonchev–Trinajstić information content (AvgIpc) is 2.40. The molecule has 0 heterocycles. The molecule has 1 aromatic rings. The minimum atomic E-state index is -1.15. The summed E-state index contributed by atoms with van der Waals surface area (Å²) >= 11 is 0. The van der Waals surface area contributed by atoms with Gasteiger partial charge in [-0.1, -0.05) is 57.6 Å². The maximum absolute atomic E-state index is 10.4. The zero-order valence-electron chi connectivity index (χ0n) is 11.7. The summed E-state index contributed by atoms with van der Waals surface area (Å²) in [6.45, 7) is 2.25. The van der Waals surface area contributed by atoms with Crippen molar-refractivity contribution in [2.24, 2.45) is 0 Å². The molecule has 0 spiro atoms. The first-order valence-corrected chi connectivity index (χ1v) is 8.00. The molecule has 4 heteroatoms. The molecule has 0 amide bonds. The predicted molar refractivity (Wildman–Crippen MR) is 79.2 cm³/mol. The van der Waals surface area contributed by atoms with Crippen LogP contribution in [0.4, 0.5) is 0 Å². The first kappa shape index (κ1) is 18.7. The number of unbranched alkanes of at least 4 members (excludes halogenated alkanes) is 6. The Morgan fingerprint density at radius 1 is 0.947 bits per heavy atom. The molecule has 19 heavy (non-hydrogen) atoms. The summed E-state index contributed by atoms with van der Waals surface area (Å²) in [6.07, 6.45) is 10.6. The van der Waals surface area contributed by atoms with E-state index in [0.717, 1.165) is 6.42 Å². The molecule has 1 atom stereocenters. The van der Waals surface area contributed by atoms with E-state index < -0.39 is 8.69 Å². The third kappa shape index (κ3) is 9.30. The number of aryl methyl sites for hydroxylation is 1. The second kappa shape index (κ2) is 12.8. The van der Waals surface area contributed by atoms with Crippen molar-refractivity contribution < 1.29 is 25.6 Å². The van der Waals surface area contributed by atoms with Crippen LogP contribution in [0.25, 0.3) is 0 Å². The molecule has 112 valence electrons. The molecule has 2 nitrogen and oxygen atoms in total. The van der Waals surface area contributed by atoms with Crippen molar-refractivity contribution in [2.75, 3.05) is 0 Å². The minimum absolute atomic E-state index is 0. The maximum Gasteiger partial charge on any atom is 0.225 e. The molecular weight excluding hydrogens is 302 g/mol. The van der Waals surface area contributed by atoms with Crippen LogP contribution in [-0.4, -0.2) is 0 Å². The van der Waals surface area contributed by atoms with E-state index in [4.69, 9.17) is 4.52 Å². The Hall–Kier alpha value is -0.256. The van der Waals surface area contributed by atoms with E-state index >= 15 is 0 Å². The van der Waals surface area contributed by atoms with Crippen LogP contribution in [0.3, 0.4) is 0 Å². The Kier molecular flexibility index (Phi) is 12.6. The third-order valence-electron chi connectivity index (χ3n) is 3.18. The molecule has 0 fully saturated rings. The van der Waals surface area contributed by atoms with Crippen molar-refractivity contribution in [3.63, 3.8) is 0 Å². The van der Waals surface area contributed by atoms with Crippen LogP contribution in [0.2, 0.25) is 0 Å². The molecule has 0 aliphatic carbocycles. The fraction of sp³-hybridized carbons (Fsp3) is 0.600. The molecule has 0 saturated heterocycles. The summed E-state index contributed by atoms with van der Waals surface area (Å²) in [7, 11) is -1.15. The van der Waals surface area contributed by atoms with Crippen molar-refractivity contribution in [1.29, 1.82) is 0 Å². The Labute approximate surface area is 128 Å². The van der Waals surface area contributed by atoms with Gasteiger partial charge in [-0.25, -0.2) is 0 Å². The van der Waals surface area contributed by atoms with Crippen molar-refractivity contribution in [2.45, 2.75) is 58.3 Å². The summed E-state index contributed by atoms with van der Waals surface area (Å²) in [5.74, 6) is 0.711. The van der Waals surface area contributed by atoms with Gasteiger partial charge < -0.3 is 4.52 Å². The maximum atomic E-state index is 10.4. The number of hydrogen-bond acceptors (Lipinski definition) is 2. The van der Waals surface area contributed by atoms with Crippen molar-refractivity contribution in [3.8, 4) is 5.75 Å². The molecule has 1 rings (SSSR count). The zero-order valence-corrected chi connectivity index (χ0v) is 13.8. The van der Waals surface area contributed by atoms with Crippen molar-refractivity contribution in [3.05, 3.63) is 29.8 Å². The molecule has 0 aliphatic rings. The minimum Gasteiger partial charge on any atom is -0.447 e. The summed E-state index contributed by atoms with van der Waals surface area (Å²) < 4.78 is 15.3. The normalized spacial score (nSPS) is 10.6. The second-order valence-electron chi connectivity index (χ2n) is 4.73. The van der Waals surface area contributed by atoms with Gasteiger partial charge in [-0.3, -0.25) is 4.57 Å². The Morgan fingerprint density at radius 3 is 2.11 bits per heavy atom. The van der Waals surface area contributed by atoms with Crippen LogP contribution in [0.1, 0.15) is 57.4 Å². The third-order valence-corrected chi connectivity index (χ3v) is 3.54. The smallest absolute Gasteiger partial charge is 0.225 e. The van der Waals surface area contributed by atoms with E-state index in [1.54, 1.807) is 0 Å². The van der Waals surface area contributed by atoms with E-state index in [-0.39, 0.29) is 16.5 Å². The zero-order chi connectivity index (χ0) is 13.1. The van der Waals surface area contributed by atoms with Gasteiger partial charge in [0.2, 0.25) is 8.69 Å². The fourth-order valence-corrected chi connectivity index (χ4v) is 2.34. The summed E-state index contributed by atoms with van der Waals surface area (Å²) in [5.41, 5.74) is 1.34. The molecule has 0 radical (unpaired) electrons. The first-order chi connectivity index (χ1) is 8.86.